The van der Waals surface area contributed by atoms with E-state index in [2.05, 4.69) is 69.8 Å². The molecule has 1 aliphatic rings. The molecule has 0 radical (unpaired) electrons. The second-order valence-corrected chi connectivity index (χ2v) is 15.6. The Bertz CT molecular complexity index is 968. The SMILES string of the molecule is CC1(C)[C@H]([C@H](Br)C(Br)(Br)Br)[C@@]1(C#N)C(=O)OCc1cccc(Oc2ccccc2)c1. The first-order chi connectivity index (χ1) is 14.0. The largest absolute Gasteiger partial charge is 0.460 e. The van der Waals surface area contributed by atoms with Gasteiger partial charge in [-0.05, 0) is 29.8 Å². The van der Waals surface area contributed by atoms with Crippen molar-refractivity contribution in [1.29, 1.82) is 5.26 Å². The number of ether oxygens (including phenoxy) is 2. The topological polar surface area (TPSA) is 59.3 Å². The highest BCUT2D eigenvalue weighted by atomic mass is 80.0. The van der Waals surface area contributed by atoms with Gasteiger partial charge in [0.05, 0.1) is 10.9 Å². The summed E-state index contributed by atoms with van der Waals surface area (Å²) in [6.07, 6.45) is 0. The fourth-order valence-electron chi connectivity index (χ4n) is 3.81. The van der Waals surface area contributed by atoms with Crippen LogP contribution in [0.5, 0.6) is 11.5 Å². The van der Waals surface area contributed by atoms with Crippen LogP contribution in [0.4, 0.5) is 0 Å². The molecule has 0 unspecified atom stereocenters. The van der Waals surface area contributed by atoms with Crippen LogP contribution in [0.1, 0.15) is 19.4 Å². The number of rotatable bonds is 6. The van der Waals surface area contributed by atoms with Gasteiger partial charge < -0.3 is 9.47 Å². The van der Waals surface area contributed by atoms with Gasteiger partial charge in [0.1, 0.15) is 20.2 Å². The third-order valence-electron chi connectivity index (χ3n) is 5.53. The Labute approximate surface area is 209 Å². The summed E-state index contributed by atoms with van der Waals surface area (Å²) in [4.78, 5) is 12.8. The van der Waals surface area contributed by atoms with Crippen LogP contribution in [0.15, 0.2) is 54.6 Å². The predicted molar refractivity (Wildman–Crippen MR) is 130 cm³/mol. The molecule has 0 amide bonds. The number of esters is 1. The van der Waals surface area contributed by atoms with Gasteiger partial charge in [0.15, 0.2) is 5.41 Å². The molecular weight excluding hydrogens is 646 g/mol. The van der Waals surface area contributed by atoms with Crippen LogP contribution in [-0.2, 0) is 16.1 Å². The molecule has 0 heterocycles. The van der Waals surface area contributed by atoms with Crippen LogP contribution in [0.2, 0.25) is 0 Å². The maximum absolute atomic E-state index is 13.0. The lowest BCUT2D eigenvalue weighted by atomic mass is 9.98. The van der Waals surface area contributed by atoms with E-state index in [0.29, 0.717) is 5.75 Å². The summed E-state index contributed by atoms with van der Waals surface area (Å²) in [5.41, 5.74) is -1.00. The van der Waals surface area contributed by atoms with Crippen LogP contribution >= 0.6 is 63.7 Å². The number of halogens is 4. The van der Waals surface area contributed by atoms with E-state index in [4.69, 9.17) is 9.47 Å². The van der Waals surface area contributed by atoms with Crippen LogP contribution in [-0.4, -0.2) is 12.9 Å². The summed E-state index contributed by atoms with van der Waals surface area (Å²) in [7, 11) is 0. The third-order valence-corrected chi connectivity index (χ3v) is 10.1. The van der Waals surface area contributed by atoms with Crippen molar-refractivity contribution >= 4 is 69.7 Å². The molecule has 1 aliphatic carbocycles. The van der Waals surface area contributed by atoms with Crippen molar-refractivity contribution in [1.82, 2.24) is 0 Å². The van der Waals surface area contributed by atoms with Crippen LogP contribution in [0.25, 0.3) is 0 Å². The molecule has 1 fully saturated rings. The Morgan fingerprint density at radius 2 is 1.77 bits per heavy atom. The lowest BCUT2D eigenvalue weighted by Crippen LogP contribution is -2.27. The first-order valence-corrected chi connectivity index (χ1v) is 12.4. The molecule has 0 N–H and O–H groups in total. The van der Waals surface area contributed by atoms with Gasteiger partial charge in [0.25, 0.3) is 0 Å². The highest BCUT2D eigenvalue weighted by Crippen LogP contribution is 2.74. The van der Waals surface area contributed by atoms with E-state index < -0.39 is 18.9 Å². The zero-order valence-electron chi connectivity index (χ0n) is 16.2. The van der Waals surface area contributed by atoms with Crippen LogP contribution in [0, 0.1) is 28.1 Å². The zero-order chi connectivity index (χ0) is 22.2. The first kappa shape index (κ1) is 23.8. The molecule has 0 saturated heterocycles. The van der Waals surface area contributed by atoms with Gasteiger partial charge in [-0.2, -0.15) is 5.26 Å². The highest BCUT2D eigenvalue weighted by molar-refractivity contribution is 9.40. The Balaban J connectivity index is 1.71. The fraction of sp³-hybridized carbons (Fsp3) is 0.364. The number of benzene rings is 2. The molecule has 8 heteroatoms. The molecule has 158 valence electrons. The molecule has 3 atom stereocenters. The van der Waals surface area contributed by atoms with E-state index in [0.717, 1.165) is 11.3 Å². The quantitative estimate of drug-likeness (QED) is 0.241. The molecule has 0 aromatic heterocycles. The highest BCUT2D eigenvalue weighted by Gasteiger charge is 2.80. The normalized spacial score (nSPS) is 23.2. The molecule has 1 saturated carbocycles. The smallest absolute Gasteiger partial charge is 0.327 e. The predicted octanol–water partition coefficient (Wildman–Crippen LogP) is 7.29. The van der Waals surface area contributed by atoms with E-state index in [9.17, 15) is 10.1 Å². The average Bonchev–Trinajstić information content (AvgIpc) is 3.21. The molecule has 0 aliphatic heterocycles. The number of carbonyl (C=O) groups excluding carboxylic acids is 1. The Hall–Kier alpha value is -0.880. The maximum atomic E-state index is 13.0. The van der Waals surface area contributed by atoms with E-state index in [-0.39, 0.29) is 17.4 Å². The number of para-hydroxylation sites is 1. The summed E-state index contributed by atoms with van der Waals surface area (Å²) < 4.78 is 10.8. The second-order valence-electron chi connectivity index (χ2n) is 7.70. The molecule has 2 aromatic rings. The van der Waals surface area contributed by atoms with Crippen LogP contribution < -0.4 is 4.74 Å². The summed E-state index contributed by atoms with van der Waals surface area (Å²) in [6, 6.07) is 19.0. The van der Waals surface area contributed by atoms with Crippen molar-refractivity contribution in [3.63, 3.8) is 0 Å². The van der Waals surface area contributed by atoms with Gasteiger partial charge in [0.2, 0.25) is 0 Å². The van der Waals surface area contributed by atoms with Gasteiger partial charge in [-0.1, -0.05) is 108 Å². The van der Waals surface area contributed by atoms with Crippen molar-refractivity contribution in [2.24, 2.45) is 16.7 Å². The molecule has 4 nitrogen and oxygen atoms in total. The number of hydrogen-bond acceptors (Lipinski definition) is 4. The summed E-state index contributed by atoms with van der Waals surface area (Å²) >= 11 is 14.1. The van der Waals surface area contributed by atoms with E-state index in [1.165, 1.54) is 0 Å². The Morgan fingerprint density at radius 1 is 1.13 bits per heavy atom. The minimum Gasteiger partial charge on any atom is -0.460 e. The number of carbonyl (C=O) groups is 1. The van der Waals surface area contributed by atoms with Crippen LogP contribution in [0.3, 0.4) is 0 Å². The minimum absolute atomic E-state index is 0.0616. The van der Waals surface area contributed by atoms with Gasteiger partial charge in [-0.15, -0.1) is 0 Å². The van der Waals surface area contributed by atoms with Gasteiger partial charge >= 0.3 is 5.97 Å². The van der Waals surface area contributed by atoms with Gasteiger partial charge in [-0.3, -0.25) is 4.79 Å². The molecule has 0 bridgehead atoms. The second kappa shape index (κ2) is 8.93. The Kier molecular flexibility index (Phi) is 7.08. The summed E-state index contributed by atoms with van der Waals surface area (Å²) in [6.45, 7) is 3.87. The number of hydrogen-bond donors (Lipinski definition) is 0. The molecule has 0 spiro atoms. The molecule has 2 aromatic carbocycles. The minimum atomic E-state index is -1.24. The number of alkyl halides is 4. The van der Waals surface area contributed by atoms with Crippen molar-refractivity contribution < 1.29 is 14.3 Å². The lowest BCUT2D eigenvalue weighted by molar-refractivity contribution is -0.150. The van der Waals surface area contributed by atoms with E-state index >= 15 is 0 Å². The van der Waals surface area contributed by atoms with Crippen molar-refractivity contribution in [3.05, 3.63) is 60.2 Å². The maximum Gasteiger partial charge on any atom is 0.327 e. The first-order valence-electron chi connectivity index (χ1n) is 9.15. The molecular formula is C22H19Br4NO3. The molecule has 30 heavy (non-hydrogen) atoms. The Morgan fingerprint density at radius 3 is 2.37 bits per heavy atom. The standard InChI is InChI=1S/C22H19Br4NO3/c1-20(2)17(18(23)22(24,25)26)21(20,13-27)19(28)29-12-14-7-6-10-16(11-14)30-15-8-4-3-5-9-15/h3-11,17-18H,12H2,1-2H3/t17-,18-,21-/m0/s1. The van der Waals surface area contributed by atoms with Crippen molar-refractivity contribution in [2.45, 2.75) is 27.4 Å². The van der Waals surface area contributed by atoms with Gasteiger partial charge in [0, 0.05) is 11.3 Å². The third kappa shape index (κ3) is 4.50. The van der Waals surface area contributed by atoms with E-state index in [1.54, 1.807) is 0 Å². The van der Waals surface area contributed by atoms with Crippen molar-refractivity contribution in [3.8, 4) is 17.6 Å². The fourth-order valence-corrected chi connectivity index (χ4v) is 5.66. The lowest BCUT2D eigenvalue weighted by Gasteiger charge is -2.21. The van der Waals surface area contributed by atoms with Crippen molar-refractivity contribution in [2.75, 3.05) is 0 Å². The monoisotopic (exact) mass is 661 g/mol. The molecule has 3 rings (SSSR count). The average molecular weight is 665 g/mol. The van der Waals surface area contributed by atoms with Gasteiger partial charge in [-0.25, -0.2) is 0 Å². The number of nitriles is 1. The zero-order valence-corrected chi connectivity index (χ0v) is 22.6. The van der Waals surface area contributed by atoms with E-state index in [1.807, 2.05) is 68.4 Å². The summed E-state index contributed by atoms with van der Waals surface area (Å²) in [5, 5.41) is 9.92. The number of nitrogens with zero attached hydrogens (tertiary/aromatic N) is 1. The summed E-state index contributed by atoms with van der Waals surface area (Å²) in [5.74, 6) is 0.602.